The molecule has 0 bridgehead atoms. The Labute approximate surface area is 157 Å². The van der Waals surface area contributed by atoms with Gasteiger partial charge in [0.05, 0.1) is 18.2 Å². The zero-order valence-electron chi connectivity index (χ0n) is 14.6. The topological polar surface area (TPSA) is 60.2 Å². The van der Waals surface area contributed by atoms with Crippen molar-refractivity contribution in [3.8, 4) is 6.07 Å². The van der Waals surface area contributed by atoms with E-state index in [-0.39, 0.29) is 24.0 Å². The molecule has 1 atom stereocenters. The summed E-state index contributed by atoms with van der Waals surface area (Å²) in [5.41, 5.74) is 1.78. The van der Waals surface area contributed by atoms with Crippen molar-refractivity contribution in [1.82, 2.24) is 10.6 Å². The summed E-state index contributed by atoms with van der Waals surface area (Å²) in [5.74, 6) is 1.57. The van der Waals surface area contributed by atoms with Gasteiger partial charge in [0, 0.05) is 12.6 Å². The lowest BCUT2D eigenvalue weighted by atomic mass is 10.0. The predicted octanol–water partition coefficient (Wildman–Crippen LogP) is 4.06. The van der Waals surface area contributed by atoms with Crippen LogP contribution in [-0.2, 0) is 6.54 Å². The molecule has 0 amide bonds. The molecular weight excluding hydrogens is 399 g/mol. The van der Waals surface area contributed by atoms with Gasteiger partial charge in [0.1, 0.15) is 0 Å². The highest BCUT2D eigenvalue weighted by molar-refractivity contribution is 14.0. The van der Waals surface area contributed by atoms with Crippen molar-refractivity contribution in [2.24, 2.45) is 10.9 Å². The van der Waals surface area contributed by atoms with Crippen LogP contribution in [0, 0.1) is 17.2 Å². The van der Waals surface area contributed by atoms with E-state index in [1.54, 1.807) is 0 Å². The average Bonchev–Trinajstić information content (AvgIpc) is 2.51. The minimum Gasteiger partial charge on any atom is -0.357 e. The Bertz CT molecular complexity index is 503. The monoisotopic (exact) mass is 428 g/mol. The van der Waals surface area contributed by atoms with E-state index in [4.69, 9.17) is 5.26 Å². The molecule has 0 aliphatic rings. The lowest BCUT2D eigenvalue weighted by Gasteiger charge is -2.18. The van der Waals surface area contributed by atoms with E-state index in [1.165, 1.54) is 6.42 Å². The number of hydrogen-bond donors (Lipinski definition) is 2. The number of hydrogen-bond acceptors (Lipinski definition) is 2. The van der Waals surface area contributed by atoms with Gasteiger partial charge in [0.15, 0.2) is 5.96 Å². The van der Waals surface area contributed by atoms with Crippen LogP contribution in [0.3, 0.4) is 0 Å². The summed E-state index contributed by atoms with van der Waals surface area (Å²) in [5, 5.41) is 15.5. The van der Waals surface area contributed by atoms with Gasteiger partial charge in [-0.1, -0.05) is 26.0 Å². The molecule has 1 rings (SSSR count). The Morgan fingerprint density at radius 1 is 1.17 bits per heavy atom. The van der Waals surface area contributed by atoms with Gasteiger partial charge in [-0.05, 0) is 50.3 Å². The van der Waals surface area contributed by atoms with Crippen molar-refractivity contribution in [3.63, 3.8) is 0 Å². The third-order valence-corrected chi connectivity index (χ3v) is 3.41. The van der Waals surface area contributed by atoms with Crippen LogP contribution in [-0.4, -0.2) is 18.5 Å². The molecule has 0 radical (unpaired) electrons. The van der Waals surface area contributed by atoms with Crippen LogP contribution in [0.15, 0.2) is 29.3 Å². The summed E-state index contributed by atoms with van der Waals surface area (Å²) in [6.07, 6.45) is 2.35. The highest BCUT2D eigenvalue weighted by Crippen LogP contribution is 2.07. The fourth-order valence-corrected chi connectivity index (χ4v) is 2.06. The smallest absolute Gasteiger partial charge is 0.191 e. The number of halogens is 1. The number of nitrogens with one attached hydrogen (secondary N) is 2. The molecular formula is C18H29IN4. The summed E-state index contributed by atoms with van der Waals surface area (Å²) in [6.45, 7) is 10.2. The van der Waals surface area contributed by atoms with Crippen LogP contribution in [0.2, 0.25) is 0 Å². The predicted molar refractivity (Wildman–Crippen MR) is 108 cm³/mol. The second-order valence-corrected chi connectivity index (χ2v) is 6.02. The van der Waals surface area contributed by atoms with Gasteiger partial charge in [-0.2, -0.15) is 5.26 Å². The molecule has 5 heteroatoms. The minimum absolute atomic E-state index is 0. The number of nitrogens with zero attached hydrogens (tertiary/aromatic N) is 2. The highest BCUT2D eigenvalue weighted by Gasteiger charge is 2.06. The van der Waals surface area contributed by atoms with E-state index in [9.17, 15) is 0 Å². The number of rotatable bonds is 7. The number of benzene rings is 1. The molecule has 0 heterocycles. The Morgan fingerprint density at radius 2 is 1.83 bits per heavy atom. The summed E-state index contributed by atoms with van der Waals surface area (Å²) in [4.78, 5) is 4.62. The van der Waals surface area contributed by atoms with Gasteiger partial charge in [0.25, 0.3) is 0 Å². The van der Waals surface area contributed by atoms with Gasteiger partial charge >= 0.3 is 0 Å². The van der Waals surface area contributed by atoms with Gasteiger partial charge < -0.3 is 10.6 Å². The van der Waals surface area contributed by atoms with Crippen LogP contribution in [0.1, 0.15) is 51.7 Å². The fraction of sp³-hybridized carbons (Fsp3) is 0.556. The normalized spacial score (nSPS) is 12.3. The molecule has 0 spiro atoms. The molecule has 2 N–H and O–H groups in total. The van der Waals surface area contributed by atoms with Gasteiger partial charge in [0.2, 0.25) is 0 Å². The van der Waals surface area contributed by atoms with E-state index < -0.39 is 0 Å². The Hall–Kier alpha value is -1.29. The summed E-state index contributed by atoms with van der Waals surface area (Å²) >= 11 is 0. The van der Waals surface area contributed by atoms with Crippen LogP contribution < -0.4 is 10.6 Å². The summed E-state index contributed by atoms with van der Waals surface area (Å²) < 4.78 is 0. The maximum Gasteiger partial charge on any atom is 0.191 e. The van der Waals surface area contributed by atoms with Gasteiger partial charge in [-0.3, -0.25) is 0 Å². The molecule has 23 heavy (non-hydrogen) atoms. The molecule has 1 unspecified atom stereocenters. The maximum absolute atomic E-state index is 8.81. The Balaban J connectivity index is 0.00000484. The largest absolute Gasteiger partial charge is 0.357 e. The molecule has 0 fully saturated rings. The first kappa shape index (κ1) is 21.7. The summed E-state index contributed by atoms with van der Waals surface area (Å²) in [6, 6.07) is 10.1. The quantitative estimate of drug-likeness (QED) is 0.391. The van der Waals surface area contributed by atoms with Crippen molar-refractivity contribution >= 4 is 29.9 Å². The zero-order chi connectivity index (χ0) is 16.4. The number of aliphatic imine (C=N–C) groups is 1. The van der Waals surface area contributed by atoms with E-state index in [0.717, 1.165) is 30.4 Å². The fourth-order valence-electron chi connectivity index (χ4n) is 2.06. The molecule has 1 aromatic carbocycles. The first-order valence-electron chi connectivity index (χ1n) is 8.09. The van der Waals surface area contributed by atoms with E-state index in [2.05, 4.69) is 49.4 Å². The SMILES string of the molecule is CCNC(=NCc1ccc(C#N)cc1)NC(C)CCC(C)C.I. The molecule has 0 aromatic heterocycles. The molecule has 0 aliphatic carbocycles. The lowest BCUT2D eigenvalue weighted by Crippen LogP contribution is -2.42. The number of nitriles is 1. The van der Waals surface area contributed by atoms with E-state index in [0.29, 0.717) is 18.2 Å². The molecule has 0 saturated heterocycles. The third-order valence-electron chi connectivity index (χ3n) is 3.41. The van der Waals surface area contributed by atoms with E-state index >= 15 is 0 Å². The Kier molecular flexibility index (Phi) is 11.5. The van der Waals surface area contributed by atoms with Crippen molar-refractivity contribution in [3.05, 3.63) is 35.4 Å². The van der Waals surface area contributed by atoms with Crippen LogP contribution in [0.4, 0.5) is 0 Å². The van der Waals surface area contributed by atoms with Crippen LogP contribution in [0.5, 0.6) is 0 Å². The molecule has 0 aliphatic heterocycles. The lowest BCUT2D eigenvalue weighted by molar-refractivity contribution is 0.489. The van der Waals surface area contributed by atoms with Crippen LogP contribution in [0.25, 0.3) is 0 Å². The van der Waals surface area contributed by atoms with Gasteiger partial charge in [-0.25, -0.2) is 4.99 Å². The molecule has 128 valence electrons. The van der Waals surface area contributed by atoms with Crippen molar-refractivity contribution < 1.29 is 0 Å². The van der Waals surface area contributed by atoms with Crippen molar-refractivity contribution in [1.29, 1.82) is 5.26 Å². The minimum atomic E-state index is 0. The van der Waals surface area contributed by atoms with E-state index in [1.807, 2.05) is 24.3 Å². The van der Waals surface area contributed by atoms with Crippen molar-refractivity contribution in [2.45, 2.75) is 53.1 Å². The zero-order valence-corrected chi connectivity index (χ0v) is 16.9. The summed E-state index contributed by atoms with van der Waals surface area (Å²) in [7, 11) is 0. The molecule has 0 saturated carbocycles. The second kappa shape index (κ2) is 12.2. The molecule has 1 aromatic rings. The first-order valence-corrected chi connectivity index (χ1v) is 8.09. The number of guanidine groups is 1. The molecule has 4 nitrogen and oxygen atoms in total. The standard InChI is InChI=1S/C18H28N4.HI/c1-5-20-18(22-15(4)7-6-14(2)3)21-13-17-10-8-16(12-19)9-11-17;/h8-11,14-15H,5-7,13H2,1-4H3,(H2,20,21,22);1H. The first-order chi connectivity index (χ1) is 10.5. The highest BCUT2D eigenvalue weighted by atomic mass is 127. The van der Waals surface area contributed by atoms with Crippen LogP contribution >= 0.6 is 24.0 Å². The van der Waals surface area contributed by atoms with Gasteiger partial charge in [-0.15, -0.1) is 24.0 Å². The Morgan fingerprint density at radius 3 is 2.35 bits per heavy atom. The average molecular weight is 428 g/mol. The second-order valence-electron chi connectivity index (χ2n) is 6.02. The maximum atomic E-state index is 8.81. The third kappa shape index (κ3) is 9.44. The van der Waals surface area contributed by atoms with Crippen molar-refractivity contribution in [2.75, 3.05) is 6.54 Å².